The number of halogens is 3. The van der Waals surface area contributed by atoms with Gasteiger partial charge >= 0.3 is 12.3 Å². The van der Waals surface area contributed by atoms with Gasteiger partial charge in [-0.25, -0.2) is 4.79 Å². The molecule has 0 amide bonds. The summed E-state index contributed by atoms with van der Waals surface area (Å²) in [4.78, 5) is 12.2. The number of carbonyl (C=O) groups excluding carboxylic acids is 1. The number of ether oxygens (including phenoxy) is 2. The molecule has 8 heteroatoms. The zero-order valence-electron chi connectivity index (χ0n) is 10.3. The molecule has 2 aromatic rings. The van der Waals surface area contributed by atoms with Gasteiger partial charge < -0.3 is 9.47 Å². The van der Waals surface area contributed by atoms with Gasteiger partial charge in [0.05, 0.1) is 10.4 Å². The van der Waals surface area contributed by atoms with Gasteiger partial charge in [0.25, 0.3) is 0 Å². The first kappa shape index (κ1) is 15.0. The molecule has 4 nitrogen and oxygen atoms in total. The second kappa shape index (κ2) is 5.96. The zero-order valence-corrected chi connectivity index (χ0v) is 11.1. The fourth-order valence-corrected chi connectivity index (χ4v) is 2.01. The maximum atomic E-state index is 12.0. The van der Waals surface area contributed by atoms with Gasteiger partial charge in [-0.2, -0.15) is 0 Å². The Morgan fingerprint density at radius 2 is 1.81 bits per heavy atom. The van der Waals surface area contributed by atoms with Gasteiger partial charge in [-0.15, -0.1) is 24.5 Å². The van der Waals surface area contributed by atoms with E-state index in [1.807, 2.05) is 0 Å². The standard InChI is InChI=1S/C13H8F3NO3S/c14-13(15,16)20-9-5-3-8(4-6-9)12(18)19-11(17)10-2-1-7-21-10/h1-7,17H. The smallest absolute Gasteiger partial charge is 0.406 e. The highest BCUT2D eigenvalue weighted by Crippen LogP contribution is 2.23. The summed E-state index contributed by atoms with van der Waals surface area (Å²) in [6, 6.07) is 7.57. The Morgan fingerprint density at radius 1 is 1.14 bits per heavy atom. The Bertz CT molecular complexity index is 636. The van der Waals surface area contributed by atoms with Crippen LogP contribution in [0.3, 0.4) is 0 Å². The molecule has 0 aliphatic rings. The molecule has 21 heavy (non-hydrogen) atoms. The molecule has 2 rings (SSSR count). The SMILES string of the molecule is N=C(OC(=O)c1ccc(OC(F)(F)F)cc1)c1cccs1. The van der Waals surface area contributed by atoms with Crippen molar-refractivity contribution in [3.05, 3.63) is 52.2 Å². The number of rotatable bonds is 3. The maximum Gasteiger partial charge on any atom is 0.573 e. The van der Waals surface area contributed by atoms with Crippen molar-refractivity contribution in [2.45, 2.75) is 6.36 Å². The van der Waals surface area contributed by atoms with Gasteiger partial charge in [0.2, 0.25) is 5.90 Å². The number of carbonyl (C=O) groups is 1. The third-order valence-electron chi connectivity index (χ3n) is 2.26. The van der Waals surface area contributed by atoms with Crippen LogP contribution in [0, 0.1) is 5.41 Å². The molecule has 0 radical (unpaired) electrons. The van der Waals surface area contributed by atoms with Crippen LogP contribution in [0.15, 0.2) is 41.8 Å². The van der Waals surface area contributed by atoms with E-state index in [0.29, 0.717) is 4.88 Å². The molecule has 0 spiro atoms. The number of esters is 1. The van der Waals surface area contributed by atoms with Gasteiger partial charge in [0.15, 0.2) is 0 Å². The molecular weight excluding hydrogens is 307 g/mol. The summed E-state index contributed by atoms with van der Waals surface area (Å²) >= 11 is 1.23. The van der Waals surface area contributed by atoms with Gasteiger partial charge in [0.1, 0.15) is 5.75 Å². The third-order valence-corrected chi connectivity index (χ3v) is 3.13. The fraction of sp³-hybridized carbons (Fsp3) is 0.0769. The number of alkyl halides is 3. The first-order chi connectivity index (χ1) is 9.85. The first-order valence-corrected chi connectivity index (χ1v) is 6.43. The average molecular weight is 315 g/mol. The highest BCUT2D eigenvalue weighted by Gasteiger charge is 2.31. The minimum Gasteiger partial charge on any atom is -0.406 e. The topological polar surface area (TPSA) is 59.4 Å². The fourth-order valence-electron chi connectivity index (χ4n) is 1.40. The van der Waals surface area contributed by atoms with Gasteiger partial charge in [-0.1, -0.05) is 6.07 Å². The van der Waals surface area contributed by atoms with E-state index in [-0.39, 0.29) is 11.5 Å². The molecule has 0 saturated carbocycles. The highest BCUT2D eigenvalue weighted by atomic mass is 32.1. The van der Waals surface area contributed by atoms with Crippen LogP contribution in [0.2, 0.25) is 0 Å². The van der Waals surface area contributed by atoms with E-state index in [4.69, 9.17) is 10.1 Å². The lowest BCUT2D eigenvalue weighted by atomic mass is 10.2. The lowest BCUT2D eigenvalue weighted by Gasteiger charge is -2.09. The normalized spacial score (nSPS) is 11.0. The van der Waals surface area contributed by atoms with Crippen molar-refractivity contribution in [2.24, 2.45) is 0 Å². The molecule has 0 atom stereocenters. The Balaban J connectivity index is 2.02. The second-order valence-electron chi connectivity index (χ2n) is 3.77. The summed E-state index contributed by atoms with van der Waals surface area (Å²) < 4.78 is 44.5. The molecule has 1 aromatic heterocycles. The van der Waals surface area contributed by atoms with Crippen LogP contribution in [0.5, 0.6) is 5.75 Å². The third kappa shape index (κ3) is 4.32. The van der Waals surface area contributed by atoms with Gasteiger partial charge in [-0.3, -0.25) is 5.41 Å². The molecule has 0 unspecified atom stereocenters. The largest absolute Gasteiger partial charge is 0.573 e. The van der Waals surface area contributed by atoms with E-state index in [1.165, 1.54) is 11.3 Å². The number of hydrogen-bond donors (Lipinski definition) is 1. The zero-order chi connectivity index (χ0) is 15.5. The number of hydrogen-bond acceptors (Lipinski definition) is 5. The van der Waals surface area contributed by atoms with E-state index in [1.54, 1.807) is 17.5 Å². The molecule has 1 heterocycles. The summed E-state index contributed by atoms with van der Waals surface area (Å²) in [6.45, 7) is 0. The molecular formula is C13H8F3NO3S. The van der Waals surface area contributed by atoms with Crippen LogP contribution >= 0.6 is 11.3 Å². The van der Waals surface area contributed by atoms with Gasteiger partial charge in [-0.05, 0) is 35.7 Å². The van der Waals surface area contributed by atoms with E-state index < -0.39 is 18.1 Å². The first-order valence-electron chi connectivity index (χ1n) is 5.55. The minimum absolute atomic E-state index is 0.0193. The monoisotopic (exact) mass is 315 g/mol. The van der Waals surface area contributed by atoms with Crippen LogP contribution in [0.1, 0.15) is 15.2 Å². The number of benzene rings is 1. The van der Waals surface area contributed by atoms with Crippen molar-refractivity contribution in [1.82, 2.24) is 0 Å². The number of thiophene rings is 1. The predicted molar refractivity (Wildman–Crippen MR) is 69.7 cm³/mol. The summed E-state index contributed by atoms with van der Waals surface area (Å²) in [5, 5.41) is 9.30. The quantitative estimate of drug-likeness (QED) is 0.532. The Morgan fingerprint density at radius 3 is 2.33 bits per heavy atom. The predicted octanol–water partition coefficient (Wildman–Crippen LogP) is 3.83. The second-order valence-corrected chi connectivity index (χ2v) is 4.72. The van der Waals surface area contributed by atoms with Gasteiger partial charge in [0, 0.05) is 0 Å². The Labute approximate surface area is 121 Å². The van der Waals surface area contributed by atoms with E-state index in [0.717, 1.165) is 24.3 Å². The van der Waals surface area contributed by atoms with Crippen molar-refractivity contribution in [3.8, 4) is 5.75 Å². The summed E-state index contributed by atoms with van der Waals surface area (Å²) in [5.41, 5.74) is 0.0193. The molecule has 0 aliphatic carbocycles. The Hall–Kier alpha value is -2.35. The van der Waals surface area contributed by atoms with Crippen molar-refractivity contribution in [1.29, 1.82) is 5.41 Å². The lowest BCUT2D eigenvalue weighted by molar-refractivity contribution is -0.274. The highest BCUT2D eigenvalue weighted by molar-refractivity contribution is 7.12. The van der Waals surface area contributed by atoms with Crippen molar-refractivity contribution < 1.29 is 27.4 Å². The van der Waals surface area contributed by atoms with Crippen LogP contribution in [0.4, 0.5) is 13.2 Å². The van der Waals surface area contributed by atoms with Crippen molar-refractivity contribution in [2.75, 3.05) is 0 Å². The Kier molecular flexibility index (Phi) is 4.27. The van der Waals surface area contributed by atoms with E-state index >= 15 is 0 Å². The lowest BCUT2D eigenvalue weighted by Crippen LogP contribution is -2.17. The molecule has 1 aromatic carbocycles. The summed E-state index contributed by atoms with van der Waals surface area (Å²) in [5.74, 6) is -1.58. The van der Waals surface area contributed by atoms with Crippen molar-refractivity contribution in [3.63, 3.8) is 0 Å². The summed E-state index contributed by atoms with van der Waals surface area (Å²) in [7, 11) is 0. The summed E-state index contributed by atoms with van der Waals surface area (Å²) in [6.07, 6.45) is -4.79. The van der Waals surface area contributed by atoms with Crippen LogP contribution < -0.4 is 4.74 Å². The van der Waals surface area contributed by atoms with E-state index in [2.05, 4.69) is 4.74 Å². The van der Waals surface area contributed by atoms with Crippen molar-refractivity contribution >= 4 is 23.2 Å². The molecule has 110 valence electrons. The minimum atomic E-state index is -4.79. The average Bonchev–Trinajstić information content (AvgIpc) is 2.91. The number of nitrogens with one attached hydrogen (secondary N) is 1. The van der Waals surface area contributed by atoms with Crippen LogP contribution in [-0.4, -0.2) is 18.2 Å². The molecule has 0 fully saturated rings. The molecule has 1 N–H and O–H groups in total. The molecule has 0 aliphatic heterocycles. The molecule has 0 saturated heterocycles. The van der Waals surface area contributed by atoms with Crippen LogP contribution in [-0.2, 0) is 4.74 Å². The van der Waals surface area contributed by atoms with Crippen LogP contribution in [0.25, 0.3) is 0 Å². The maximum absolute atomic E-state index is 12.0. The molecule has 0 bridgehead atoms. The van der Waals surface area contributed by atoms with E-state index in [9.17, 15) is 18.0 Å².